The first-order valence-corrected chi connectivity index (χ1v) is 6.75. The zero-order chi connectivity index (χ0) is 15.4. The van der Waals surface area contributed by atoms with Gasteiger partial charge in [0, 0.05) is 11.3 Å². The van der Waals surface area contributed by atoms with Crippen molar-refractivity contribution in [2.75, 3.05) is 12.8 Å². The molecule has 2 N–H and O–H groups in total. The van der Waals surface area contributed by atoms with Crippen molar-refractivity contribution in [3.05, 3.63) is 58.1 Å². The van der Waals surface area contributed by atoms with Crippen LogP contribution in [0.2, 0.25) is 5.02 Å². The number of methoxy groups -OCH3 is 1. The molecule has 5 heteroatoms. The fourth-order valence-corrected chi connectivity index (χ4v) is 2.26. The fraction of sp³-hybridized carbons (Fsp3) is 0.188. The van der Waals surface area contributed by atoms with Gasteiger partial charge in [0.05, 0.1) is 17.7 Å². The first kappa shape index (κ1) is 15.2. The van der Waals surface area contributed by atoms with E-state index in [2.05, 4.69) is 0 Å². The Morgan fingerprint density at radius 3 is 2.71 bits per heavy atom. The monoisotopic (exact) mass is 305 g/mol. The molecule has 0 fully saturated rings. The number of ether oxygens (including phenoxy) is 2. The maximum atomic E-state index is 11.8. The van der Waals surface area contributed by atoms with Crippen LogP contribution in [-0.4, -0.2) is 13.1 Å². The van der Waals surface area contributed by atoms with Crippen molar-refractivity contribution < 1.29 is 14.3 Å². The van der Waals surface area contributed by atoms with Gasteiger partial charge in [0.25, 0.3) is 0 Å². The summed E-state index contributed by atoms with van der Waals surface area (Å²) in [5, 5.41) is 0.526. The smallest absolute Gasteiger partial charge is 0.340 e. The third-order valence-electron chi connectivity index (χ3n) is 3.04. The third-order valence-corrected chi connectivity index (χ3v) is 3.34. The molecule has 0 aliphatic rings. The number of nitrogen functional groups attached to an aromatic ring is 1. The van der Waals surface area contributed by atoms with Gasteiger partial charge < -0.3 is 15.2 Å². The van der Waals surface area contributed by atoms with Crippen LogP contribution in [0, 0.1) is 6.92 Å². The molecule has 0 spiro atoms. The van der Waals surface area contributed by atoms with Crippen LogP contribution in [0.1, 0.15) is 21.5 Å². The third kappa shape index (κ3) is 3.47. The minimum atomic E-state index is -0.485. The maximum absolute atomic E-state index is 11.8. The number of benzene rings is 2. The molecule has 21 heavy (non-hydrogen) atoms. The molecule has 0 saturated carbocycles. The number of halogens is 1. The van der Waals surface area contributed by atoms with Crippen LogP contribution in [0.15, 0.2) is 36.4 Å². The molecule has 2 rings (SSSR count). The maximum Gasteiger partial charge on any atom is 0.340 e. The number of anilines is 1. The Labute approximate surface area is 128 Å². The molecule has 0 saturated heterocycles. The molecule has 0 amide bonds. The molecule has 110 valence electrons. The predicted octanol–water partition coefficient (Wildman–Crippen LogP) is 3.60. The first-order valence-electron chi connectivity index (χ1n) is 6.37. The number of nitrogens with two attached hydrogens (primary N) is 1. The lowest BCUT2D eigenvalue weighted by Crippen LogP contribution is -2.11. The second-order valence-electron chi connectivity index (χ2n) is 4.60. The molecule has 4 nitrogen and oxygen atoms in total. The summed E-state index contributed by atoms with van der Waals surface area (Å²) in [6.45, 7) is 2.13. The Kier molecular flexibility index (Phi) is 4.70. The highest BCUT2D eigenvalue weighted by Gasteiger charge is 2.16. The van der Waals surface area contributed by atoms with Gasteiger partial charge >= 0.3 is 5.97 Å². The van der Waals surface area contributed by atoms with Crippen molar-refractivity contribution in [2.24, 2.45) is 0 Å². The summed E-state index contributed by atoms with van der Waals surface area (Å²) in [4.78, 5) is 11.8. The molecule has 0 aliphatic carbocycles. The SMILES string of the molecule is COC(=O)c1c(N)cccc1COc1ccc(C)cc1Cl. The molecule has 0 radical (unpaired) electrons. The van der Waals surface area contributed by atoms with E-state index in [1.807, 2.05) is 19.1 Å². The van der Waals surface area contributed by atoms with Gasteiger partial charge in [-0.25, -0.2) is 4.79 Å². The number of hydrogen-bond donors (Lipinski definition) is 1. The van der Waals surface area contributed by atoms with Crippen molar-refractivity contribution in [1.82, 2.24) is 0 Å². The molecule has 0 aromatic heterocycles. The molecule has 2 aromatic rings. The van der Waals surface area contributed by atoms with E-state index in [0.717, 1.165) is 5.56 Å². The van der Waals surface area contributed by atoms with E-state index in [-0.39, 0.29) is 6.61 Å². The van der Waals surface area contributed by atoms with E-state index in [1.165, 1.54) is 7.11 Å². The normalized spacial score (nSPS) is 10.2. The standard InChI is InChI=1S/C16H16ClNO3/c1-10-6-7-14(12(17)8-10)21-9-11-4-3-5-13(18)15(11)16(19)20-2/h3-8H,9,18H2,1-2H3. The number of rotatable bonds is 4. The van der Waals surface area contributed by atoms with E-state index in [1.54, 1.807) is 24.3 Å². The topological polar surface area (TPSA) is 61.5 Å². The minimum Gasteiger partial charge on any atom is -0.487 e. The second-order valence-corrected chi connectivity index (χ2v) is 5.00. The largest absolute Gasteiger partial charge is 0.487 e. The van der Waals surface area contributed by atoms with Crippen LogP contribution >= 0.6 is 11.6 Å². The van der Waals surface area contributed by atoms with Crippen LogP contribution in [-0.2, 0) is 11.3 Å². The van der Waals surface area contributed by atoms with Gasteiger partial charge in [-0.05, 0) is 30.7 Å². The lowest BCUT2D eigenvalue weighted by molar-refractivity contribution is 0.0599. The van der Waals surface area contributed by atoms with Crippen molar-refractivity contribution in [3.8, 4) is 5.75 Å². The van der Waals surface area contributed by atoms with Crippen LogP contribution in [0.4, 0.5) is 5.69 Å². The Balaban J connectivity index is 2.24. The average Bonchev–Trinajstić information content (AvgIpc) is 2.45. The number of carbonyl (C=O) groups excluding carboxylic acids is 1. The highest BCUT2D eigenvalue weighted by Crippen LogP contribution is 2.27. The van der Waals surface area contributed by atoms with Gasteiger partial charge in [-0.1, -0.05) is 29.8 Å². The fourth-order valence-electron chi connectivity index (χ4n) is 1.97. The van der Waals surface area contributed by atoms with Gasteiger partial charge in [-0.3, -0.25) is 0 Å². The first-order chi connectivity index (χ1) is 10.0. The van der Waals surface area contributed by atoms with Crippen molar-refractivity contribution in [3.63, 3.8) is 0 Å². The Bertz CT molecular complexity index is 671. The Morgan fingerprint density at radius 2 is 2.05 bits per heavy atom. The predicted molar refractivity (Wildman–Crippen MR) is 82.7 cm³/mol. The van der Waals surface area contributed by atoms with E-state index >= 15 is 0 Å². The second kappa shape index (κ2) is 6.50. The molecular weight excluding hydrogens is 290 g/mol. The zero-order valence-electron chi connectivity index (χ0n) is 11.9. The van der Waals surface area contributed by atoms with E-state index in [9.17, 15) is 4.79 Å². The highest BCUT2D eigenvalue weighted by molar-refractivity contribution is 6.32. The molecule has 0 aliphatic heterocycles. The van der Waals surface area contributed by atoms with Crippen molar-refractivity contribution in [2.45, 2.75) is 13.5 Å². The number of aryl methyl sites for hydroxylation is 1. The lowest BCUT2D eigenvalue weighted by atomic mass is 10.1. The lowest BCUT2D eigenvalue weighted by Gasteiger charge is -2.12. The van der Waals surface area contributed by atoms with Crippen LogP contribution < -0.4 is 10.5 Å². The van der Waals surface area contributed by atoms with Gasteiger partial charge in [-0.2, -0.15) is 0 Å². The van der Waals surface area contributed by atoms with Gasteiger partial charge in [0.2, 0.25) is 0 Å². The molecule has 0 unspecified atom stereocenters. The van der Waals surface area contributed by atoms with Crippen molar-refractivity contribution in [1.29, 1.82) is 0 Å². The van der Waals surface area contributed by atoms with Crippen molar-refractivity contribution >= 4 is 23.3 Å². The van der Waals surface area contributed by atoms with Gasteiger partial charge in [-0.15, -0.1) is 0 Å². The van der Waals surface area contributed by atoms with Crippen LogP contribution in [0.3, 0.4) is 0 Å². The van der Waals surface area contributed by atoms with E-state index < -0.39 is 5.97 Å². The average molecular weight is 306 g/mol. The molecular formula is C16H16ClNO3. The highest BCUT2D eigenvalue weighted by atomic mass is 35.5. The molecule has 2 aromatic carbocycles. The Morgan fingerprint density at radius 1 is 1.29 bits per heavy atom. The van der Waals surface area contributed by atoms with E-state index in [4.69, 9.17) is 26.8 Å². The molecule has 0 heterocycles. The van der Waals surface area contributed by atoms with Crippen LogP contribution in [0.5, 0.6) is 5.75 Å². The Hall–Kier alpha value is -2.20. The summed E-state index contributed by atoms with van der Waals surface area (Å²) in [6, 6.07) is 10.7. The summed E-state index contributed by atoms with van der Waals surface area (Å²) in [6.07, 6.45) is 0. The number of carbonyl (C=O) groups is 1. The molecule has 0 atom stereocenters. The minimum absolute atomic E-state index is 0.179. The van der Waals surface area contributed by atoms with Gasteiger partial charge in [0.1, 0.15) is 12.4 Å². The van der Waals surface area contributed by atoms with Gasteiger partial charge in [0.15, 0.2) is 0 Å². The van der Waals surface area contributed by atoms with Crippen LogP contribution in [0.25, 0.3) is 0 Å². The zero-order valence-corrected chi connectivity index (χ0v) is 12.6. The summed E-state index contributed by atoms with van der Waals surface area (Å²) in [5.41, 5.74) is 8.21. The van der Waals surface area contributed by atoms with E-state index in [0.29, 0.717) is 27.6 Å². The molecule has 0 bridgehead atoms. The quantitative estimate of drug-likeness (QED) is 0.692. The summed E-state index contributed by atoms with van der Waals surface area (Å²) in [5.74, 6) is 0.0715. The number of esters is 1. The summed E-state index contributed by atoms with van der Waals surface area (Å²) >= 11 is 6.12. The number of hydrogen-bond acceptors (Lipinski definition) is 4. The summed E-state index contributed by atoms with van der Waals surface area (Å²) < 4.78 is 10.4. The summed E-state index contributed by atoms with van der Waals surface area (Å²) in [7, 11) is 1.32.